The van der Waals surface area contributed by atoms with Crippen molar-refractivity contribution in [2.45, 2.75) is 39.5 Å². The first kappa shape index (κ1) is 22.4. The SMILES string of the molecule is [B][P+](c1ccccc1)(c1ccccc1)C(C(C)CC)P(=O)(OCC)OCC. The lowest BCUT2D eigenvalue weighted by Gasteiger charge is -2.38. The Morgan fingerprint density at radius 1 is 0.889 bits per heavy atom. The predicted octanol–water partition coefficient (Wildman–Crippen LogP) is 5.38. The van der Waals surface area contributed by atoms with Gasteiger partial charge in [-0.1, -0.05) is 50.2 Å². The van der Waals surface area contributed by atoms with E-state index in [2.05, 4.69) is 13.8 Å². The van der Waals surface area contributed by atoms with Crippen molar-refractivity contribution in [1.82, 2.24) is 0 Å². The summed E-state index contributed by atoms with van der Waals surface area (Å²) in [4.78, 5) is 0. The Kier molecular flexibility index (Phi) is 8.31. The van der Waals surface area contributed by atoms with Gasteiger partial charge in [-0.05, 0) is 44.5 Å². The van der Waals surface area contributed by atoms with Gasteiger partial charge in [0.25, 0.3) is 0 Å². The number of hydrogen-bond acceptors (Lipinski definition) is 3. The highest BCUT2D eigenvalue weighted by molar-refractivity contribution is 8.12. The van der Waals surface area contributed by atoms with E-state index in [1.54, 1.807) is 0 Å². The molecule has 0 aliphatic rings. The molecule has 27 heavy (non-hydrogen) atoms. The van der Waals surface area contributed by atoms with E-state index in [0.29, 0.717) is 13.2 Å². The molecule has 2 atom stereocenters. The lowest BCUT2D eigenvalue weighted by molar-refractivity contribution is 0.213. The third kappa shape index (κ3) is 4.74. The van der Waals surface area contributed by atoms with Crippen LogP contribution < -0.4 is 10.6 Å². The van der Waals surface area contributed by atoms with Gasteiger partial charge in [0.2, 0.25) is 0 Å². The van der Waals surface area contributed by atoms with Gasteiger partial charge >= 0.3 is 15.2 Å². The highest BCUT2D eigenvalue weighted by atomic mass is 31.2. The smallest absolute Gasteiger partial charge is 0.306 e. The lowest BCUT2D eigenvalue weighted by atomic mass is 10.1. The van der Waals surface area contributed by atoms with Crippen LogP contribution in [-0.4, -0.2) is 26.2 Å². The number of hydrogen-bond donors (Lipinski definition) is 0. The fourth-order valence-corrected chi connectivity index (χ4v) is 11.7. The summed E-state index contributed by atoms with van der Waals surface area (Å²) in [5.74, 6) is 0.0766. The maximum atomic E-state index is 14.0. The fraction of sp³-hybridized carbons (Fsp3) is 0.429. The molecule has 0 aromatic heterocycles. The zero-order valence-electron chi connectivity index (χ0n) is 16.7. The highest BCUT2D eigenvalue weighted by Gasteiger charge is 2.58. The molecule has 2 aromatic carbocycles. The van der Waals surface area contributed by atoms with Gasteiger partial charge in [-0.25, -0.2) is 0 Å². The summed E-state index contributed by atoms with van der Waals surface area (Å²) in [7, 11) is 1.31. The van der Waals surface area contributed by atoms with Crippen molar-refractivity contribution in [3.05, 3.63) is 60.7 Å². The first-order chi connectivity index (χ1) is 12.9. The average Bonchev–Trinajstić information content (AvgIpc) is 2.69. The molecule has 2 unspecified atom stereocenters. The predicted molar refractivity (Wildman–Crippen MR) is 119 cm³/mol. The van der Waals surface area contributed by atoms with Gasteiger partial charge in [-0.3, -0.25) is 4.57 Å². The maximum absolute atomic E-state index is 14.0. The van der Waals surface area contributed by atoms with E-state index >= 15 is 0 Å². The molecule has 6 heteroatoms. The Hall–Kier alpha value is -0.915. The van der Waals surface area contributed by atoms with E-state index in [9.17, 15) is 4.57 Å². The summed E-state index contributed by atoms with van der Waals surface area (Å²) in [5.41, 5.74) is 0. The van der Waals surface area contributed by atoms with Crippen molar-refractivity contribution in [2.24, 2.45) is 5.92 Å². The summed E-state index contributed by atoms with van der Waals surface area (Å²) in [6.45, 7) is 8.55. The second-order valence-corrected chi connectivity index (χ2v) is 12.3. The van der Waals surface area contributed by atoms with E-state index in [1.807, 2.05) is 74.5 Å². The molecule has 0 aliphatic heterocycles. The molecular weight excluding hydrogens is 373 g/mol. The third-order valence-corrected chi connectivity index (χ3v) is 12.9. The number of rotatable bonds is 10. The molecule has 3 nitrogen and oxygen atoms in total. The van der Waals surface area contributed by atoms with Crippen molar-refractivity contribution in [3.8, 4) is 0 Å². The first-order valence-electron chi connectivity index (χ1n) is 9.61. The Labute approximate surface area is 166 Å². The minimum atomic E-state index is -3.43. The normalized spacial score (nSPS) is 14.7. The van der Waals surface area contributed by atoms with Gasteiger partial charge in [0, 0.05) is 13.1 Å². The molecule has 0 N–H and O–H groups in total. The Morgan fingerprint density at radius 2 is 1.30 bits per heavy atom. The van der Waals surface area contributed by atoms with Gasteiger partial charge in [0.15, 0.2) is 5.40 Å². The van der Waals surface area contributed by atoms with Crippen LogP contribution in [0.1, 0.15) is 34.1 Å². The Balaban J connectivity index is 2.77. The van der Waals surface area contributed by atoms with Crippen LogP contribution >= 0.6 is 14.7 Å². The van der Waals surface area contributed by atoms with Gasteiger partial charge in [-0.15, -0.1) is 0 Å². The minimum absolute atomic E-state index is 0.0766. The zero-order valence-corrected chi connectivity index (χ0v) is 18.5. The second-order valence-electron chi connectivity index (χ2n) is 6.62. The summed E-state index contributed by atoms with van der Waals surface area (Å²) < 4.78 is 25.7. The summed E-state index contributed by atoms with van der Waals surface area (Å²) >= 11 is 0. The van der Waals surface area contributed by atoms with Gasteiger partial charge in [-0.2, -0.15) is 0 Å². The molecule has 0 amide bonds. The highest BCUT2D eigenvalue weighted by Crippen LogP contribution is 2.74. The van der Waals surface area contributed by atoms with Crippen molar-refractivity contribution < 1.29 is 13.6 Å². The van der Waals surface area contributed by atoms with Gasteiger partial charge < -0.3 is 9.05 Å². The topological polar surface area (TPSA) is 35.5 Å². The van der Waals surface area contributed by atoms with E-state index < -0.39 is 20.1 Å². The molecule has 0 spiro atoms. The molecule has 2 rings (SSSR count). The quantitative estimate of drug-likeness (QED) is 0.395. The van der Waals surface area contributed by atoms with Crippen LogP contribution in [0.15, 0.2) is 60.7 Å². The van der Waals surface area contributed by atoms with E-state index in [-0.39, 0.29) is 5.92 Å². The lowest BCUT2D eigenvalue weighted by Crippen LogP contribution is -2.36. The number of benzene rings is 2. The van der Waals surface area contributed by atoms with E-state index in [4.69, 9.17) is 16.6 Å². The Morgan fingerprint density at radius 3 is 1.63 bits per heavy atom. The van der Waals surface area contributed by atoms with Crippen LogP contribution in [0.25, 0.3) is 0 Å². The largest absolute Gasteiger partial charge is 0.378 e. The van der Waals surface area contributed by atoms with Gasteiger partial charge in [0.1, 0.15) is 0 Å². The molecule has 0 bridgehead atoms. The van der Waals surface area contributed by atoms with Gasteiger partial charge in [0.05, 0.1) is 23.8 Å². The van der Waals surface area contributed by atoms with E-state index in [0.717, 1.165) is 17.0 Å². The summed E-state index contributed by atoms with van der Waals surface area (Å²) in [6.07, 6.45) is 0.841. The summed E-state index contributed by atoms with van der Waals surface area (Å²) in [5, 5.41) is 1.63. The van der Waals surface area contributed by atoms with Crippen molar-refractivity contribution in [1.29, 1.82) is 0 Å². The molecule has 0 saturated heterocycles. The second kappa shape index (κ2) is 10.0. The molecule has 144 valence electrons. The average molecular weight is 403 g/mol. The molecular formula is C21H30BO3P2+. The van der Waals surface area contributed by atoms with Crippen LogP contribution in [0.5, 0.6) is 0 Å². The molecule has 0 heterocycles. The van der Waals surface area contributed by atoms with E-state index in [1.165, 1.54) is 0 Å². The Bertz CT molecular complexity index is 690. The first-order valence-corrected chi connectivity index (χ1v) is 13.1. The van der Waals surface area contributed by atoms with Crippen molar-refractivity contribution >= 4 is 32.9 Å². The van der Waals surface area contributed by atoms with Crippen LogP contribution in [0.3, 0.4) is 0 Å². The molecule has 0 aliphatic carbocycles. The third-order valence-electron chi connectivity index (χ3n) is 4.88. The summed E-state index contributed by atoms with van der Waals surface area (Å²) in [6, 6.07) is 20.1. The molecule has 2 aromatic rings. The molecule has 2 radical (unpaired) electrons. The molecule has 0 fully saturated rings. The zero-order chi connectivity index (χ0) is 19.9. The minimum Gasteiger partial charge on any atom is -0.306 e. The fourth-order valence-electron chi connectivity index (χ4n) is 3.50. The monoisotopic (exact) mass is 403 g/mol. The van der Waals surface area contributed by atoms with Crippen LogP contribution in [0.2, 0.25) is 0 Å². The standard InChI is InChI=1S/C21H30BO3P2/c1-5-18(4)21(27(23,24-6-2)25-7-3)26(22,19-14-10-8-11-15-19)20-16-12-9-13-17-20/h8-18,21H,5-7H2,1-4H3/q+1. The van der Waals surface area contributed by atoms with Crippen molar-refractivity contribution in [3.63, 3.8) is 0 Å². The van der Waals surface area contributed by atoms with Crippen LogP contribution in [0.4, 0.5) is 0 Å². The van der Waals surface area contributed by atoms with Crippen molar-refractivity contribution in [2.75, 3.05) is 13.2 Å². The van der Waals surface area contributed by atoms with Crippen LogP contribution in [0, 0.1) is 5.92 Å². The van der Waals surface area contributed by atoms with Crippen LogP contribution in [-0.2, 0) is 13.6 Å². The maximum Gasteiger partial charge on any atom is 0.378 e. The molecule has 0 saturated carbocycles.